The molecule has 9 nitrogen and oxygen atoms in total. The molecule has 4 rings (SSSR count). The number of aliphatic carboxylic acids is 1. The topological polar surface area (TPSA) is 113 Å². The predicted octanol–water partition coefficient (Wildman–Crippen LogP) is 3.36. The van der Waals surface area contributed by atoms with Gasteiger partial charge in [-0.3, -0.25) is 14.1 Å². The fraction of sp³-hybridized carbons (Fsp3) is 0.267. The molecule has 1 fully saturated rings. The maximum atomic E-state index is 12.6. The monoisotopic (exact) mass is 560 g/mol. The molecule has 1 aliphatic rings. The molecule has 208 valence electrons. The number of amides is 1. The first-order chi connectivity index (χ1) is 19.3. The normalized spacial score (nSPS) is 15.1. The lowest BCUT2D eigenvalue weighted by molar-refractivity contribution is -0.139. The Balaban J connectivity index is 1.33. The van der Waals surface area contributed by atoms with Gasteiger partial charge in [-0.1, -0.05) is 48.2 Å². The zero-order valence-electron chi connectivity index (χ0n) is 22.2. The number of hydrogen-bond acceptors (Lipinski definition) is 5. The number of benzene rings is 3. The van der Waals surface area contributed by atoms with Crippen molar-refractivity contribution in [3.8, 4) is 11.8 Å². The van der Waals surface area contributed by atoms with Crippen molar-refractivity contribution in [3.63, 3.8) is 0 Å². The minimum atomic E-state index is -2.30. The first-order valence-corrected chi connectivity index (χ1v) is 14.0. The molecule has 2 atom stereocenters. The number of carbonyl (C=O) groups excluding carboxylic acids is 1. The van der Waals surface area contributed by atoms with Gasteiger partial charge in [0.15, 0.2) is 0 Å². The van der Waals surface area contributed by atoms with Crippen LogP contribution in [-0.4, -0.2) is 67.4 Å². The molecule has 3 aromatic rings. The molecule has 2 unspecified atom stereocenters. The highest BCUT2D eigenvalue weighted by Gasteiger charge is 2.30. The Bertz CT molecular complexity index is 1400. The number of carboxylic acids is 1. The summed E-state index contributed by atoms with van der Waals surface area (Å²) >= 11 is -2.30. The lowest BCUT2D eigenvalue weighted by Crippen LogP contribution is -2.57. The second-order valence-corrected chi connectivity index (χ2v) is 10.3. The van der Waals surface area contributed by atoms with Crippen molar-refractivity contribution in [2.45, 2.75) is 25.9 Å². The van der Waals surface area contributed by atoms with Crippen molar-refractivity contribution >= 4 is 28.8 Å². The number of carboxylic acid groups (broad SMARTS) is 1. The molecule has 10 heteroatoms. The van der Waals surface area contributed by atoms with E-state index in [1.54, 1.807) is 24.1 Å². The Kier molecular flexibility index (Phi) is 10.0. The standard InChI is InChI=1S/C30H32N4O5S/c1-23(20-29(35)36)34(40(38)39)33-18-16-32(17-19-33)28-14-12-24(13-15-28)10-11-25-8-5-9-27(21-25)30(37)31-22-26-6-3-2-4-7-26/h2-9,12-15,21,23H,16-20,22H2,1H3,(H,31,37)(H,35,36)(H,38,39). The van der Waals surface area contributed by atoms with Gasteiger partial charge in [-0.05, 0) is 55.0 Å². The number of nitrogens with zero attached hydrogens (tertiary/aromatic N) is 3. The minimum absolute atomic E-state index is 0.151. The molecular formula is C30H32N4O5S. The number of hydrogen-bond donors (Lipinski definition) is 3. The minimum Gasteiger partial charge on any atom is -0.481 e. The Labute approximate surface area is 236 Å². The Morgan fingerprint density at radius 3 is 2.27 bits per heavy atom. The molecule has 1 amide bonds. The Morgan fingerprint density at radius 2 is 1.62 bits per heavy atom. The molecule has 3 aromatic carbocycles. The largest absolute Gasteiger partial charge is 0.481 e. The van der Waals surface area contributed by atoms with E-state index in [-0.39, 0.29) is 12.3 Å². The highest BCUT2D eigenvalue weighted by molar-refractivity contribution is 7.76. The van der Waals surface area contributed by atoms with Crippen LogP contribution >= 0.6 is 0 Å². The zero-order valence-corrected chi connectivity index (χ0v) is 23.0. The fourth-order valence-corrected chi connectivity index (χ4v) is 5.28. The average Bonchev–Trinajstić information content (AvgIpc) is 2.96. The second kappa shape index (κ2) is 13.9. The number of piperazine rings is 1. The highest BCUT2D eigenvalue weighted by Crippen LogP contribution is 2.20. The molecule has 1 heterocycles. The van der Waals surface area contributed by atoms with Crippen molar-refractivity contribution in [2.24, 2.45) is 0 Å². The van der Waals surface area contributed by atoms with E-state index >= 15 is 0 Å². The van der Waals surface area contributed by atoms with Crippen LogP contribution in [0.2, 0.25) is 0 Å². The third kappa shape index (κ3) is 8.00. The van der Waals surface area contributed by atoms with E-state index in [0.717, 1.165) is 22.4 Å². The molecule has 0 spiro atoms. The third-order valence-electron chi connectivity index (χ3n) is 6.55. The smallest absolute Gasteiger partial charge is 0.305 e. The van der Waals surface area contributed by atoms with Gasteiger partial charge < -0.3 is 15.3 Å². The van der Waals surface area contributed by atoms with E-state index < -0.39 is 23.3 Å². The maximum Gasteiger partial charge on any atom is 0.305 e. The fourth-order valence-electron chi connectivity index (χ4n) is 4.53. The summed E-state index contributed by atoms with van der Waals surface area (Å²) in [5.41, 5.74) is 4.18. The predicted molar refractivity (Wildman–Crippen MR) is 155 cm³/mol. The Morgan fingerprint density at radius 1 is 0.950 bits per heavy atom. The lowest BCUT2D eigenvalue weighted by atomic mass is 10.1. The van der Waals surface area contributed by atoms with Crippen molar-refractivity contribution in [1.82, 2.24) is 14.7 Å². The van der Waals surface area contributed by atoms with E-state index in [1.165, 1.54) is 4.41 Å². The van der Waals surface area contributed by atoms with Gasteiger partial charge in [0.25, 0.3) is 5.91 Å². The Hall–Kier alpha value is -4.01. The molecular weight excluding hydrogens is 528 g/mol. The summed E-state index contributed by atoms with van der Waals surface area (Å²) in [6.45, 7) is 4.32. The number of hydrazine groups is 1. The van der Waals surface area contributed by atoms with Gasteiger partial charge in [-0.2, -0.15) is 0 Å². The van der Waals surface area contributed by atoms with Gasteiger partial charge in [0.1, 0.15) is 0 Å². The summed E-state index contributed by atoms with van der Waals surface area (Å²) in [7, 11) is 0. The molecule has 0 bridgehead atoms. The van der Waals surface area contributed by atoms with E-state index in [9.17, 15) is 18.4 Å². The molecule has 0 aliphatic carbocycles. The van der Waals surface area contributed by atoms with Crippen molar-refractivity contribution in [1.29, 1.82) is 0 Å². The molecule has 1 aliphatic heterocycles. The van der Waals surface area contributed by atoms with Crippen LogP contribution < -0.4 is 10.2 Å². The number of rotatable bonds is 9. The molecule has 1 saturated heterocycles. The average molecular weight is 561 g/mol. The van der Waals surface area contributed by atoms with Gasteiger partial charge in [-0.25, -0.2) is 9.22 Å². The van der Waals surface area contributed by atoms with E-state index in [0.29, 0.717) is 38.3 Å². The van der Waals surface area contributed by atoms with Gasteiger partial charge in [-0.15, -0.1) is 4.41 Å². The van der Waals surface area contributed by atoms with Gasteiger partial charge in [0, 0.05) is 61.1 Å². The van der Waals surface area contributed by atoms with Gasteiger partial charge in [0.05, 0.1) is 6.42 Å². The molecule has 0 radical (unpaired) electrons. The maximum absolute atomic E-state index is 12.6. The van der Waals surface area contributed by atoms with Crippen molar-refractivity contribution in [3.05, 3.63) is 101 Å². The van der Waals surface area contributed by atoms with Crippen molar-refractivity contribution < 1.29 is 23.5 Å². The summed E-state index contributed by atoms with van der Waals surface area (Å²) in [6.07, 6.45) is -0.221. The third-order valence-corrected chi connectivity index (χ3v) is 7.46. The molecule has 3 N–H and O–H groups in total. The van der Waals surface area contributed by atoms with Crippen LogP contribution in [0.25, 0.3) is 0 Å². The van der Waals surface area contributed by atoms with Crippen LogP contribution in [0.3, 0.4) is 0 Å². The summed E-state index contributed by atoms with van der Waals surface area (Å²) in [5.74, 6) is 5.12. The van der Waals surface area contributed by atoms with E-state index in [2.05, 4.69) is 22.1 Å². The van der Waals surface area contributed by atoms with Crippen LogP contribution in [-0.2, 0) is 22.6 Å². The van der Waals surface area contributed by atoms with Gasteiger partial charge in [0.2, 0.25) is 11.3 Å². The number of anilines is 1. The molecule has 0 saturated carbocycles. The summed E-state index contributed by atoms with van der Waals surface area (Å²) < 4.78 is 22.8. The lowest BCUT2D eigenvalue weighted by Gasteiger charge is -2.41. The SMILES string of the molecule is CC(CC(=O)O)N(N1CCN(c2ccc(C#Cc3cccc(C(=O)NCc4ccccc4)c3)cc2)CC1)S(=O)O. The van der Waals surface area contributed by atoms with Gasteiger partial charge >= 0.3 is 5.97 Å². The summed E-state index contributed by atoms with van der Waals surface area (Å²) in [5, 5.41) is 13.7. The quantitative estimate of drug-likeness (QED) is 0.272. The van der Waals surface area contributed by atoms with Crippen LogP contribution in [0.15, 0.2) is 78.9 Å². The number of nitrogens with one attached hydrogen (secondary N) is 1. The second-order valence-electron chi connectivity index (χ2n) is 9.47. The zero-order chi connectivity index (χ0) is 28.5. The van der Waals surface area contributed by atoms with Crippen LogP contribution in [0.4, 0.5) is 5.69 Å². The summed E-state index contributed by atoms with van der Waals surface area (Å²) in [4.78, 5) is 25.8. The number of carbonyl (C=O) groups is 2. The van der Waals surface area contributed by atoms with Crippen molar-refractivity contribution in [2.75, 3.05) is 31.1 Å². The van der Waals surface area contributed by atoms with Crippen LogP contribution in [0, 0.1) is 11.8 Å². The first-order valence-electron chi connectivity index (χ1n) is 13.0. The summed E-state index contributed by atoms with van der Waals surface area (Å²) in [6, 6.07) is 24.2. The van der Waals surface area contributed by atoms with E-state index in [1.807, 2.05) is 66.7 Å². The van der Waals surface area contributed by atoms with Crippen LogP contribution in [0.5, 0.6) is 0 Å². The van der Waals surface area contributed by atoms with Crippen LogP contribution in [0.1, 0.15) is 40.4 Å². The van der Waals surface area contributed by atoms with E-state index in [4.69, 9.17) is 5.11 Å². The first kappa shape index (κ1) is 29.0. The molecule has 0 aromatic heterocycles. The highest BCUT2D eigenvalue weighted by atomic mass is 32.2. The molecule has 40 heavy (non-hydrogen) atoms.